The summed E-state index contributed by atoms with van der Waals surface area (Å²) in [5.41, 5.74) is 0. The number of hydrogen-bond acceptors (Lipinski definition) is 6. The third-order valence-electron chi connectivity index (χ3n) is 3.89. The first-order chi connectivity index (χ1) is 11.5. The number of rotatable bonds is 3. The van der Waals surface area contributed by atoms with Crippen LogP contribution in [0.2, 0.25) is 5.02 Å². The molecule has 24 heavy (non-hydrogen) atoms. The van der Waals surface area contributed by atoms with Gasteiger partial charge in [-0.25, -0.2) is 19.6 Å². The maximum absolute atomic E-state index is 9.55. The minimum atomic E-state index is -1.26. The molecule has 3 aliphatic heterocycles. The van der Waals surface area contributed by atoms with Crippen LogP contribution < -0.4 is 4.90 Å². The Morgan fingerprint density at radius 3 is 2.08 bits per heavy atom. The van der Waals surface area contributed by atoms with E-state index in [0.717, 1.165) is 19.0 Å². The van der Waals surface area contributed by atoms with Gasteiger partial charge >= 0.3 is 11.9 Å². The van der Waals surface area contributed by atoms with E-state index in [4.69, 9.17) is 21.8 Å². The fraction of sp³-hybridized carbons (Fsp3) is 0.467. The Hall–Kier alpha value is -2.19. The van der Waals surface area contributed by atoms with Crippen LogP contribution in [0.4, 0.5) is 5.95 Å². The van der Waals surface area contributed by atoms with Crippen molar-refractivity contribution >= 4 is 29.5 Å². The predicted molar refractivity (Wildman–Crippen MR) is 88.3 cm³/mol. The summed E-state index contributed by atoms with van der Waals surface area (Å²) in [6.45, 7) is 4.60. The van der Waals surface area contributed by atoms with Gasteiger partial charge in [-0.15, -0.1) is 0 Å². The van der Waals surface area contributed by atoms with Crippen molar-refractivity contribution in [3.8, 4) is 0 Å². The lowest BCUT2D eigenvalue weighted by Gasteiger charge is -2.31. The lowest BCUT2D eigenvalue weighted by Crippen LogP contribution is -2.38. The Labute approximate surface area is 144 Å². The molecule has 0 atom stereocenters. The number of nitrogens with zero attached hydrogens (tertiary/aromatic N) is 4. The zero-order chi connectivity index (χ0) is 17.5. The number of halogens is 1. The molecule has 0 saturated carbocycles. The number of carbonyl (C=O) groups is 2. The van der Waals surface area contributed by atoms with Crippen LogP contribution >= 0.6 is 11.6 Å². The fourth-order valence-corrected chi connectivity index (χ4v) is 2.84. The standard InChI is InChI=1S/C11H15ClN4.C4H4O4/c12-9-7-13-11(14-8-9)16-6-5-15-3-1-10(16)2-4-15;5-3(6)1-2-4(7)8/h7-8,10H,1-6H2;1-2H,(H,5,6)(H,7,8)/b;2-1+. The van der Waals surface area contributed by atoms with E-state index in [1.807, 2.05) is 0 Å². The van der Waals surface area contributed by atoms with Crippen LogP contribution in [0.1, 0.15) is 12.8 Å². The highest BCUT2D eigenvalue weighted by molar-refractivity contribution is 6.30. The van der Waals surface area contributed by atoms with Crippen molar-refractivity contribution in [2.45, 2.75) is 18.9 Å². The molecule has 130 valence electrons. The van der Waals surface area contributed by atoms with E-state index in [1.165, 1.54) is 25.9 Å². The van der Waals surface area contributed by atoms with Crippen molar-refractivity contribution in [2.24, 2.45) is 0 Å². The summed E-state index contributed by atoms with van der Waals surface area (Å²) in [7, 11) is 0. The molecular weight excluding hydrogens is 336 g/mol. The SMILES string of the molecule is Clc1cnc(N2CCN3CCC2CC3)nc1.O=C(O)/C=C/C(=O)O. The highest BCUT2D eigenvalue weighted by atomic mass is 35.5. The fourth-order valence-electron chi connectivity index (χ4n) is 2.75. The number of fused-ring (bicyclic) bond motifs is 4. The van der Waals surface area contributed by atoms with Crippen LogP contribution in [0.15, 0.2) is 24.5 Å². The van der Waals surface area contributed by atoms with E-state index >= 15 is 0 Å². The van der Waals surface area contributed by atoms with E-state index < -0.39 is 11.9 Å². The molecule has 9 heteroatoms. The summed E-state index contributed by atoms with van der Waals surface area (Å²) in [6, 6.07) is 0.611. The van der Waals surface area contributed by atoms with Crippen LogP contribution in [0.25, 0.3) is 0 Å². The molecule has 0 aromatic carbocycles. The van der Waals surface area contributed by atoms with Gasteiger partial charge in [0.2, 0.25) is 5.95 Å². The predicted octanol–water partition coefficient (Wildman–Crippen LogP) is 1.13. The Bertz CT molecular complexity index is 584. The molecule has 3 fully saturated rings. The minimum absolute atomic E-state index is 0.558. The van der Waals surface area contributed by atoms with Crippen molar-refractivity contribution < 1.29 is 19.8 Å². The lowest BCUT2D eigenvalue weighted by molar-refractivity contribution is -0.134. The number of hydrogen-bond donors (Lipinski definition) is 2. The van der Waals surface area contributed by atoms with E-state index in [9.17, 15) is 9.59 Å². The van der Waals surface area contributed by atoms with Gasteiger partial charge in [0.1, 0.15) is 0 Å². The van der Waals surface area contributed by atoms with Gasteiger partial charge in [0, 0.05) is 44.4 Å². The average molecular weight is 355 g/mol. The lowest BCUT2D eigenvalue weighted by atomic mass is 10.1. The molecule has 2 N–H and O–H groups in total. The largest absolute Gasteiger partial charge is 0.478 e. The van der Waals surface area contributed by atoms with Crippen molar-refractivity contribution in [3.63, 3.8) is 0 Å². The van der Waals surface area contributed by atoms with Gasteiger partial charge in [-0.1, -0.05) is 11.6 Å². The van der Waals surface area contributed by atoms with Gasteiger partial charge < -0.3 is 20.0 Å². The van der Waals surface area contributed by atoms with Gasteiger partial charge in [-0.2, -0.15) is 0 Å². The second-order valence-corrected chi connectivity index (χ2v) is 5.91. The van der Waals surface area contributed by atoms with Crippen LogP contribution in [0.3, 0.4) is 0 Å². The van der Waals surface area contributed by atoms with Gasteiger partial charge in [-0.05, 0) is 12.8 Å². The van der Waals surface area contributed by atoms with Gasteiger partial charge in [0.05, 0.1) is 17.4 Å². The van der Waals surface area contributed by atoms with Crippen LogP contribution in [0, 0.1) is 0 Å². The van der Waals surface area contributed by atoms with Crippen LogP contribution in [-0.2, 0) is 9.59 Å². The Morgan fingerprint density at radius 2 is 1.58 bits per heavy atom. The molecule has 3 aliphatic rings. The van der Waals surface area contributed by atoms with Gasteiger partial charge in [0.15, 0.2) is 0 Å². The molecule has 2 bridgehead atoms. The minimum Gasteiger partial charge on any atom is -0.478 e. The third-order valence-corrected chi connectivity index (χ3v) is 4.08. The summed E-state index contributed by atoms with van der Waals surface area (Å²) in [4.78, 5) is 32.6. The van der Waals surface area contributed by atoms with Crippen LogP contribution in [0.5, 0.6) is 0 Å². The number of carboxylic acid groups (broad SMARTS) is 2. The summed E-state index contributed by atoms with van der Waals surface area (Å²) in [5.74, 6) is -1.68. The molecule has 1 aromatic rings. The number of carboxylic acids is 2. The number of aromatic nitrogens is 2. The molecule has 0 aliphatic carbocycles. The van der Waals surface area contributed by atoms with Crippen molar-refractivity contribution in [1.29, 1.82) is 0 Å². The molecule has 8 nitrogen and oxygen atoms in total. The van der Waals surface area contributed by atoms with Crippen LogP contribution in [-0.4, -0.2) is 69.2 Å². The maximum atomic E-state index is 9.55. The van der Waals surface area contributed by atoms with Gasteiger partial charge in [-0.3, -0.25) is 0 Å². The molecular formula is C15H19ClN4O4. The first kappa shape index (κ1) is 18.2. The monoisotopic (exact) mass is 354 g/mol. The van der Waals surface area contributed by atoms with Crippen molar-refractivity contribution in [2.75, 3.05) is 31.1 Å². The van der Waals surface area contributed by atoms with E-state index in [1.54, 1.807) is 12.4 Å². The molecule has 4 rings (SSSR count). The molecule has 4 heterocycles. The summed E-state index contributed by atoms with van der Waals surface area (Å²) < 4.78 is 0. The third kappa shape index (κ3) is 5.47. The molecule has 0 spiro atoms. The maximum Gasteiger partial charge on any atom is 0.328 e. The highest BCUT2D eigenvalue weighted by Gasteiger charge is 2.30. The molecule has 0 unspecified atom stereocenters. The van der Waals surface area contributed by atoms with E-state index in [0.29, 0.717) is 23.2 Å². The summed E-state index contributed by atoms with van der Waals surface area (Å²) >= 11 is 5.81. The highest BCUT2D eigenvalue weighted by Crippen LogP contribution is 2.24. The first-order valence-electron chi connectivity index (χ1n) is 7.56. The Balaban J connectivity index is 0.000000224. The zero-order valence-electron chi connectivity index (χ0n) is 13.0. The average Bonchev–Trinajstić information content (AvgIpc) is 2.88. The molecule has 0 amide bonds. The second kappa shape index (κ2) is 8.60. The topological polar surface area (TPSA) is 107 Å². The summed E-state index contributed by atoms with van der Waals surface area (Å²) in [6.07, 6.45) is 6.94. The van der Waals surface area contributed by atoms with Crippen molar-refractivity contribution in [3.05, 3.63) is 29.6 Å². The van der Waals surface area contributed by atoms with E-state index in [-0.39, 0.29) is 0 Å². The molecule has 3 saturated heterocycles. The molecule has 1 aromatic heterocycles. The second-order valence-electron chi connectivity index (χ2n) is 5.48. The normalized spacial score (nSPS) is 22.6. The Morgan fingerprint density at radius 1 is 1.04 bits per heavy atom. The number of aliphatic carboxylic acids is 2. The van der Waals surface area contributed by atoms with E-state index in [2.05, 4.69) is 19.8 Å². The Kier molecular flexibility index (Phi) is 6.51. The number of piperidine rings is 1. The van der Waals surface area contributed by atoms with Gasteiger partial charge in [0.25, 0.3) is 0 Å². The molecule has 0 radical (unpaired) electrons. The quantitative estimate of drug-likeness (QED) is 0.778. The summed E-state index contributed by atoms with van der Waals surface area (Å²) in [5, 5.41) is 16.2. The smallest absolute Gasteiger partial charge is 0.328 e. The van der Waals surface area contributed by atoms with Crippen molar-refractivity contribution in [1.82, 2.24) is 14.9 Å². The zero-order valence-corrected chi connectivity index (χ0v) is 13.8. The first-order valence-corrected chi connectivity index (χ1v) is 7.94. The number of anilines is 1.